The third-order valence-corrected chi connectivity index (χ3v) is 2.52. The highest BCUT2D eigenvalue weighted by Crippen LogP contribution is 2.12. The Morgan fingerprint density at radius 2 is 1.95 bits per heavy atom. The molecule has 5 heteroatoms. The Hall–Kier alpha value is -2.04. The maximum atomic E-state index is 11.4. The molecule has 1 atom stereocenters. The largest absolute Gasteiger partial charge is 0.491 e. The summed E-state index contributed by atoms with van der Waals surface area (Å²) >= 11 is 0. The van der Waals surface area contributed by atoms with E-state index < -0.39 is 5.97 Å². The maximum Gasteiger partial charge on any atom is 0.325 e. The second-order valence-electron chi connectivity index (χ2n) is 4.13. The van der Waals surface area contributed by atoms with Crippen molar-refractivity contribution >= 4 is 11.9 Å². The molecule has 0 aliphatic carbocycles. The van der Waals surface area contributed by atoms with Gasteiger partial charge in [-0.3, -0.25) is 9.59 Å². The smallest absolute Gasteiger partial charge is 0.325 e. The molecular formula is C14H19NO4. The molecule has 1 amide bonds. The summed E-state index contributed by atoms with van der Waals surface area (Å²) < 4.78 is 10.1. The third-order valence-electron chi connectivity index (χ3n) is 2.52. The van der Waals surface area contributed by atoms with E-state index in [0.717, 1.165) is 5.75 Å². The fourth-order valence-electron chi connectivity index (χ4n) is 1.46. The van der Waals surface area contributed by atoms with Gasteiger partial charge in [0, 0.05) is 6.42 Å². The van der Waals surface area contributed by atoms with Crippen molar-refractivity contribution < 1.29 is 19.1 Å². The van der Waals surface area contributed by atoms with Crippen LogP contribution in [0.2, 0.25) is 0 Å². The number of hydrogen-bond donors (Lipinski definition) is 1. The number of carbonyl (C=O) groups excluding carboxylic acids is 2. The quantitative estimate of drug-likeness (QED) is 0.759. The zero-order chi connectivity index (χ0) is 14.1. The molecule has 1 aromatic rings. The van der Waals surface area contributed by atoms with Gasteiger partial charge in [0.15, 0.2) is 0 Å². The minimum atomic E-state index is -0.457. The lowest BCUT2D eigenvalue weighted by atomic mass is 10.2. The summed E-state index contributed by atoms with van der Waals surface area (Å²) in [6.45, 7) is 1.81. The molecule has 19 heavy (non-hydrogen) atoms. The molecule has 0 bridgehead atoms. The molecule has 0 radical (unpaired) electrons. The second-order valence-corrected chi connectivity index (χ2v) is 4.13. The van der Waals surface area contributed by atoms with Gasteiger partial charge in [-0.05, 0) is 25.5 Å². The Kier molecular flexibility index (Phi) is 6.43. The van der Waals surface area contributed by atoms with Gasteiger partial charge < -0.3 is 14.8 Å². The minimum absolute atomic E-state index is 0.0636. The van der Waals surface area contributed by atoms with E-state index in [9.17, 15) is 9.59 Å². The summed E-state index contributed by atoms with van der Waals surface area (Å²) in [6.07, 6.45) is 0.832. The topological polar surface area (TPSA) is 64.6 Å². The molecule has 1 unspecified atom stereocenters. The molecule has 1 aromatic carbocycles. The Morgan fingerprint density at radius 1 is 1.26 bits per heavy atom. The van der Waals surface area contributed by atoms with Gasteiger partial charge in [-0.25, -0.2) is 0 Å². The number of amides is 1. The van der Waals surface area contributed by atoms with Crippen LogP contribution in [0.4, 0.5) is 0 Å². The number of ether oxygens (including phenoxy) is 2. The average Bonchev–Trinajstić information content (AvgIpc) is 2.43. The van der Waals surface area contributed by atoms with Crippen LogP contribution in [0.3, 0.4) is 0 Å². The normalized spacial score (nSPS) is 11.5. The van der Waals surface area contributed by atoms with Crippen LogP contribution < -0.4 is 10.1 Å². The molecule has 1 N–H and O–H groups in total. The van der Waals surface area contributed by atoms with E-state index >= 15 is 0 Å². The Bertz CT molecular complexity index is 405. The molecule has 0 heterocycles. The van der Waals surface area contributed by atoms with Crippen molar-refractivity contribution in [1.29, 1.82) is 0 Å². The third kappa shape index (κ3) is 6.45. The van der Waals surface area contributed by atoms with Crippen LogP contribution in [0, 0.1) is 0 Å². The number of carbonyl (C=O) groups is 2. The standard InChI is InChI=1S/C14H19NO4/c1-11(19-12-6-4-3-5-7-12)8-9-13(16)15-10-14(17)18-2/h3-7,11H,8-10H2,1-2H3,(H,15,16). The second kappa shape index (κ2) is 8.13. The monoisotopic (exact) mass is 265 g/mol. The van der Waals surface area contributed by atoms with Gasteiger partial charge in [-0.1, -0.05) is 18.2 Å². The summed E-state index contributed by atoms with van der Waals surface area (Å²) in [5.41, 5.74) is 0. The van der Waals surface area contributed by atoms with E-state index in [4.69, 9.17) is 4.74 Å². The average molecular weight is 265 g/mol. The fourth-order valence-corrected chi connectivity index (χ4v) is 1.46. The first-order valence-electron chi connectivity index (χ1n) is 6.17. The van der Waals surface area contributed by atoms with Crippen LogP contribution in [-0.4, -0.2) is 31.6 Å². The van der Waals surface area contributed by atoms with Crippen molar-refractivity contribution in [3.05, 3.63) is 30.3 Å². The van der Waals surface area contributed by atoms with E-state index in [1.807, 2.05) is 37.3 Å². The van der Waals surface area contributed by atoms with Crippen molar-refractivity contribution in [2.75, 3.05) is 13.7 Å². The predicted octanol–water partition coefficient (Wildman–Crippen LogP) is 1.52. The van der Waals surface area contributed by atoms with Crippen LogP contribution >= 0.6 is 0 Å². The minimum Gasteiger partial charge on any atom is -0.491 e. The van der Waals surface area contributed by atoms with E-state index in [1.54, 1.807) is 0 Å². The van der Waals surface area contributed by atoms with Crippen molar-refractivity contribution in [3.63, 3.8) is 0 Å². The summed E-state index contributed by atoms with van der Waals surface area (Å²) in [6, 6.07) is 9.44. The van der Waals surface area contributed by atoms with Crippen molar-refractivity contribution in [3.8, 4) is 5.75 Å². The van der Waals surface area contributed by atoms with Gasteiger partial charge in [-0.2, -0.15) is 0 Å². The first-order valence-corrected chi connectivity index (χ1v) is 6.17. The van der Waals surface area contributed by atoms with Crippen molar-refractivity contribution in [2.24, 2.45) is 0 Å². The SMILES string of the molecule is COC(=O)CNC(=O)CCC(C)Oc1ccccc1. The molecule has 0 aromatic heterocycles. The van der Waals surface area contributed by atoms with E-state index in [2.05, 4.69) is 10.1 Å². The highest BCUT2D eigenvalue weighted by molar-refractivity contribution is 5.81. The van der Waals surface area contributed by atoms with Gasteiger partial charge >= 0.3 is 5.97 Å². The molecule has 0 aliphatic heterocycles. The van der Waals surface area contributed by atoms with Gasteiger partial charge in [0.25, 0.3) is 0 Å². The number of esters is 1. The zero-order valence-electron chi connectivity index (χ0n) is 11.2. The summed E-state index contributed by atoms with van der Waals surface area (Å²) in [5.74, 6) is 0.140. The molecule has 0 aliphatic rings. The lowest BCUT2D eigenvalue weighted by molar-refractivity contribution is -0.141. The Morgan fingerprint density at radius 3 is 2.58 bits per heavy atom. The number of benzene rings is 1. The number of rotatable bonds is 7. The number of hydrogen-bond acceptors (Lipinski definition) is 4. The number of methoxy groups -OCH3 is 1. The summed E-state index contributed by atoms with van der Waals surface area (Å²) in [5, 5.41) is 2.48. The lowest BCUT2D eigenvalue weighted by Gasteiger charge is -2.14. The molecule has 0 spiro atoms. The Balaban J connectivity index is 2.21. The highest BCUT2D eigenvalue weighted by Gasteiger charge is 2.09. The zero-order valence-corrected chi connectivity index (χ0v) is 11.2. The van der Waals surface area contributed by atoms with Gasteiger partial charge in [0.1, 0.15) is 12.3 Å². The first kappa shape index (κ1) is 15.0. The van der Waals surface area contributed by atoms with Crippen LogP contribution in [0.25, 0.3) is 0 Å². The number of para-hydroxylation sites is 1. The molecule has 5 nitrogen and oxygen atoms in total. The van der Waals surface area contributed by atoms with Crippen LogP contribution in [0.1, 0.15) is 19.8 Å². The predicted molar refractivity (Wildman–Crippen MR) is 70.8 cm³/mol. The van der Waals surface area contributed by atoms with E-state index in [-0.39, 0.29) is 18.6 Å². The maximum absolute atomic E-state index is 11.4. The molecule has 104 valence electrons. The van der Waals surface area contributed by atoms with Crippen LogP contribution in [0.15, 0.2) is 30.3 Å². The van der Waals surface area contributed by atoms with Gasteiger partial charge in [0.05, 0.1) is 13.2 Å². The molecule has 1 rings (SSSR count). The fraction of sp³-hybridized carbons (Fsp3) is 0.429. The summed E-state index contributed by atoms with van der Waals surface area (Å²) in [7, 11) is 1.28. The molecule has 0 saturated heterocycles. The van der Waals surface area contributed by atoms with E-state index in [1.165, 1.54) is 7.11 Å². The molecule has 0 fully saturated rings. The van der Waals surface area contributed by atoms with Crippen LogP contribution in [0.5, 0.6) is 5.75 Å². The lowest BCUT2D eigenvalue weighted by Crippen LogP contribution is -2.30. The Labute approximate surface area is 112 Å². The first-order chi connectivity index (χ1) is 9.11. The number of nitrogens with one attached hydrogen (secondary N) is 1. The van der Waals surface area contributed by atoms with Gasteiger partial charge in [0.2, 0.25) is 5.91 Å². The molecular weight excluding hydrogens is 246 g/mol. The van der Waals surface area contributed by atoms with E-state index in [0.29, 0.717) is 12.8 Å². The van der Waals surface area contributed by atoms with Gasteiger partial charge in [-0.15, -0.1) is 0 Å². The van der Waals surface area contributed by atoms with Crippen molar-refractivity contribution in [2.45, 2.75) is 25.9 Å². The highest BCUT2D eigenvalue weighted by atomic mass is 16.5. The molecule has 0 saturated carbocycles. The van der Waals surface area contributed by atoms with Crippen molar-refractivity contribution in [1.82, 2.24) is 5.32 Å². The van der Waals surface area contributed by atoms with Crippen LogP contribution in [-0.2, 0) is 14.3 Å². The summed E-state index contributed by atoms with van der Waals surface area (Å²) in [4.78, 5) is 22.3.